The van der Waals surface area contributed by atoms with Crippen LogP contribution in [-0.2, 0) is 23.8 Å². The van der Waals surface area contributed by atoms with E-state index < -0.39 is 67.4 Å². The largest absolute Gasteiger partial charge is 0.454 e. The van der Waals surface area contributed by atoms with Crippen molar-refractivity contribution in [1.29, 1.82) is 0 Å². The number of esters is 1. The standard InChI is InChI=1S/C70H127NO10/c1-4-7-10-13-16-19-22-25-26-27-28-29-30-31-32-33-34-35-36-37-38-40-43-46-49-52-55-58-65(75)81-68-67(77)66(76)64(59-72)80-70(68)79-60-61(62(73)56-53-50-47-44-42-39-23-20-17-14-11-8-5-2)71-69(78)63(74)57-54-51-48-45-41-24-21-18-15-12-9-6-3/h16,19,25-26,41,45,51,53-54,56,61-64,66-68,70,72-74,76-77H,4-15,17-18,20-24,27-40,42-44,46-50,52,55,57-60H2,1-3H3,(H,71,78)/b19-16-,26-25-,45-41-,54-51+,56-53+. The van der Waals surface area contributed by atoms with E-state index in [9.17, 15) is 35.1 Å². The van der Waals surface area contributed by atoms with E-state index in [2.05, 4.69) is 62.5 Å². The highest BCUT2D eigenvalue weighted by molar-refractivity contribution is 5.81. The fourth-order valence-electron chi connectivity index (χ4n) is 10.5. The molecule has 0 aromatic rings. The third kappa shape index (κ3) is 45.4. The van der Waals surface area contributed by atoms with Crippen LogP contribution in [0.2, 0.25) is 0 Å². The van der Waals surface area contributed by atoms with Crippen LogP contribution in [0.15, 0.2) is 60.8 Å². The molecule has 0 aromatic heterocycles. The van der Waals surface area contributed by atoms with Crippen molar-refractivity contribution >= 4 is 11.9 Å². The second kappa shape index (κ2) is 57.8. The lowest BCUT2D eigenvalue weighted by molar-refractivity contribution is -0.305. The first-order chi connectivity index (χ1) is 39.7. The van der Waals surface area contributed by atoms with Crippen LogP contribution in [0.3, 0.4) is 0 Å². The third-order valence-electron chi connectivity index (χ3n) is 15.9. The Hall–Kier alpha value is -2.64. The quantitative estimate of drug-likeness (QED) is 0.0195. The smallest absolute Gasteiger partial charge is 0.306 e. The molecule has 1 amide bonds. The number of ether oxygens (including phenoxy) is 3. The van der Waals surface area contributed by atoms with Crippen molar-refractivity contribution in [3.8, 4) is 0 Å². The van der Waals surface area contributed by atoms with Crippen LogP contribution in [-0.4, -0.2) is 99.6 Å². The number of carbonyl (C=O) groups is 2. The lowest BCUT2D eigenvalue weighted by atomic mass is 9.99. The molecule has 1 rings (SSSR count). The maximum Gasteiger partial charge on any atom is 0.306 e. The van der Waals surface area contributed by atoms with Crippen molar-refractivity contribution in [2.75, 3.05) is 13.2 Å². The van der Waals surface area contributed by atoms with Gasteiger partial charge in [-0.25, -0.2) is 0 Å². The predicted octanol–water partition coefficient (Wildman–Crippen LogP) is 17.0. The molecule has 0 saturated carbocycles. The van der Waals surface area contributed by atoms with Crippen LogP contribution in [0.25, 0.3) is 0 Å². The van der Waals surface area contributed by atoms with Gasteiger partial charge >= 0.3 is 5.97 Å². The topological polar surface area (TPSA) is 175 Å². The molecule has 8 unspecified atom stereocenters. The second-order valence-electron chi connectivity index (χ2n) is 23.6. The minimum atomic E-state index is -1.62. The summed E-state index contributed by atoms with van der Waals surface area (Å²) in [5.41, 5.74) is 0. The minimum absolute atomic E-state index is 0.0827. The summed E-state index contributed by atoms with van der Waals surface area (Å²) in [5, 5.41) is 56.9. The zero-order valence-electron chi connectivity index (χ0n) is 52.4. The second-order valence-corrected chi connectivity index (χ2v) is 23.6. The maximum absolute atomic E-state index is 13.4. The Kier molecular flexibility index (Phi) is 54.5. The molecule has 472 valence electrons. The lowest BCUT2D eigenvalue weighted by Crippen LogP contribution is -2.61. The summed E-state index contributed by atoms with van der Waals surface area (Å²) in [7, 11) is 0. The first kappa shape index (κ1) is 76.4. The number of aliphatic hydroxyl groups is 5. The molecule has 1 heterocycles. The van der Waals surface area contributed by atoms with E-state index >= 15 is 0 Å². The molecular formula is C70H127NO10. The molecule has 0 aliphatic carbocycles. The van der Waals surface area contributed by atoms with Gasteiger partial charge in [0.1, 0.15) is 24.4 Å². The number of rotatable bonds is 58. The molecule has 1 aliphatic rings. The SMILES string of the molecule is CCCCC/C=C\C/C=C\CCCCCCCCCCCCCCCCCCCC(=O)OC1C(OCC(NC(=O)C(O)C/C=C/C/C=C\CCCCCCCC)C(O)/C=C/CCCCCCCCCCCCC)OC(CO)C(O)C1O. The van der Waals surface area contributed by atoms with Gasteiger partial charge in [-0.15, -0.1) is 0 Å². The van der Waals surface area contributed by atoms with Gasteiger partial charge in [-0.05, 0) is 70.6 Å². The summed E-state index contributed by atoms with van der Waals surface area (Å²) < 4.78 is 17.6. The maximum atomic E-state index is 13.4. The number of unbranched alkanes of at least 4 members (excludes halogenated alkanes) is 37. The minimum Gasteiger partial charge on any atom is -0.454 e. The van der Waals surface area contributed by atoms with Crippen molar-refractivity contribution in [2.24, 2.45) is 0 Å². The first-order valence-corrected chi connectivity index (χ1v) is 34.1. The van der Waals surface area contributed by atoms with Gasteiger partial charge in [-0.3, -0.25) is 9.59 Å². The Bertz CT molecular complexity index is 1550. The molecule has 1 fully saturated rings. The zero-order valence-corrected chi connectivity index (χ0v) is 52.4. The van der Waals surface area contributed by atoms with Crippen LogP contribution in [0.1, 0.15) is 310 Å². The van der Waals surface area contributed by atoms with E-state index in [1.165, 1.54) is 212 Å². The monoisotopic (exact) mass is 1140 g/mol. The molecule has 6 N–H and O–H groups in total. The molecule has 1 saturated heterocycles. The fourth-order valence-corrected chi connectivity index (χ4v) is 10.5. The highest BCUT2D eigenvalue weighted by Crippen LogP contribution is 2.26. The Morgan fingerprint density at radius 3 is 1.28 bits per heavy atom. The molecule has 11 heteroatoms. The van der Waals surface area contributed by atoms with E-state index in [0.717, 1.165) is 51.4 Å². The summed E-state index contributed by atoms with van der Waals surface area (Å²) in [6.07, 6.45) is 63.0. The Morgan fingerprint density at radius 1 is 0.481 bits per heavy atom. The van der Waals surface area contributed by atoms with Gasteiger partial charge in [-0.2, -0.15) is 0 Å². The average Bonchev–Trinajstić information content (AvgIpc) is 3.50. The molecule has 81 heavy (non-hydrogen) atoms. The van der Waals surface area contributed by atoms with Crippen LogP contribution in [0, 0.1) is 0 Å². The van der Waals surface area contributed by atoms with E-state index in [1.807, 2.05) is 12.2 Å². The Balaban J connectivity index is 2.55. The summed E-state index contributed by atoms with van der Waals surface area (Å²) in [6, 6.07) is -1.05. The van der Waals surface area contributed by atoms with Gasteiger partial charge in [0.05, 0.1) is 25.4 Å². The summed E-state index contributed by atoms with van der Waals surface area (Å²) in [5.74, 6) is -1.26. The molecule has 0 bridgehead atoms. The summed E-state index contributed by atoms with van der Waals surface area (Å²) in [6.45, 7) is 5.74. The molecule has 11 nitrogen and oxygen atoms in total. The number of carbonyl (C=O) groups excluding carboxylic acids is 2. The number of amides is 1. The van der Waals surface area contributed by atoms with Crippen molar-refractivity contribution in [1.82, 2.24) is 5.32 Å². The predicted molar refractivity (Wildman–Crippen MR) is 338 cm³/mol. The molecule has 1 aliphatic heterocycles. The van der Waals surface area contributed by atoms with Crippen LogP contribution >= 0.6 is 0 Å². The van der Waals surface area contributed by atoms with Gasteiger partial charge in [0.25, 0.3) is 0 Å². The zero-order chi connectivity index (χ0) is 58.9. The Labute approximate surface area is 497 Å². The van der Waals surface area contributed by atoms with Crippen molar-refractivity contribution in [2.45, 2.75) is 359 Å². The van der Waals surface area contributed by atoms with Gasteiger partial charge < -0.3 is 45.1 Å². The van der Waals surface area contributed by atoms with Crippen LogP contribution in [0.4, 0.5) is 0 Å². The Morgan fingerprint density at radius 2 is 0.852 bits per heavy atom. The highest BCUT2D eigenvalue weighted by atomic mass is 16.7. The lowest BCUT2D eigenvalue weighted by Gasteiger charge is -2.41. The van der Waals surface area contributed by atoms with E-state index in [4.69, 9.17) is 14.2 Å². The van der Waals surface area contributed by atoms with Crippen LogP contribution in [0.5, 0.6) is 0 Å². The van der Waals surface area contributed by atoms with Crippen LogP contribution < -0.4 is 5.32 Å². The number of hydrogen-bond acceptors (Lipinski definition) is 10. The average molecular weight is 1140 g/mol. The van der Waals surface area contributed by atoms with Gasteiger partial charge in [0.15, 0.2) is 12.4 Å². The van der Waals surface area contributed by atoms with E-state index in [-0.39, 0.29) is 19.4 Å². The van der Waals surface area contributed by atoms with Gasteiger partial charge in [-0.1, -0.05) is 287 Å². The first-order valence-electron chi connectivity index (χ1n) is 34.1. The van der Waals surface area contributed by atoms with E-state index in [0.29, 0.717) is 12.8 Å². The van der Waals surface area contributed by atoms with Crippen molar-refractivity contribution < 1.29 is 49.3 Å². The fraction of sp³-hybridized carbons (Fsp3) is 0.829. The van der Waals surface area contributed by atoms with Crippen molar-refractivity contribution in [3.63, 3.8) is 0 Å². The van der Waals surface area contributed by atoms with Crippen molar-refractivity contribution in [3.05, 3.63) is 60.8 Å². The number of nitrogens with one attached hydrogen (secondary N) is 1. The molecule has 0 spiro atoms. The van der Waals surface area contributed by atoms with E-state index in [1.54, 1.807) is 12.2 Å². The van der Waals surface area contributed by atoms with Gasteiger partial charge in [0.2, 0.25) is 5.91 Å². The summed E-state index contributed by atoms with van der Waals surface area (Å²) in [4.78, 5) is 26.5. The summed E-state index contributed by atoms with van der Waals surface area (Å²) >= 11 is 0. The highest BCUT2D eigenvalue weighted by Gasteiger charge is 2.47. The number of allylic oxidation sites excluding steroid dienone is 8. The molecule has 8 atom stereocenters. The molecular weight excluding hydrogens is 1010 g/mol. The third-order valence-corrected chi connectivity index (χ3v) is 15.9. The number of hydrogen-bond donors (Lipinski definition) is 6. The molecule has 0 aromatic carbocycles. The number of aliphatic hydroxyl groups excluding tert-OH is 5. The van der Waals surface area contributed by atoms with Gasteiger partial charge in [0, 0.05) is 12.8 Å². The normalized spacial score (nSPS) is 19.0. The molecule has 0 radical (unpaired) electrons.